The fourth-order valence-corrected chi connectivity index (χ4v) is 3.29. The number of anilines is 1. The van der Waals surface area contributed by atoms with Gasteiger partial charge in [0.15, 0.2) is 5.13 Å². The molecule has 2 N–H and O–H groups in total. The molecule has 2 aromatic heterocycles. The highest BCUT2D eigenvalue weighted by molar-refractivity contribution is 7.14. The van der Waals surface area contributed by atoms with E-state index in [9.17, 15) is 5.11 Å². The molecular weight excluding hydrogens is 334 g/mol. The molecule has 3 rings (SSSR count). The Morgan fingerprint density at radius 2 is 1.88 bits per heavy atom. The van der Waals surface area contributed by atoms with E-state index in [0.717, 1.165) is 27.7 Å². The minimum atomic E-state index is -0.337. The van der Waals surface area contributed by atoms with Gasteiger partial charge in [0.05, 0.1) is 11.2 Å². The van der Waals surface area contributed by atoms with Gasteiger partial charge in [-0.25, -0.2) is 9.97 Å². The molecular formula is C19H23N3O2S. The van der Waals surface area contributed by atoms with Gasteiger partial charge in [-0.15, -0.1) is 11.3 Å². The average molecular weight is 357 g/mol. The number of benzene rings is 1. The number of fused-ring (bicyclic) bond motifs is 1. The first kappa shape index (κ1) is 17.5. The van der Waals surface area contributed by atoms with Crippen molar-refractivity contribution in [2.75, 3.05) is 5.32 Å². The Morgan fingerprint density at radius 3 is 2.56 bits per heavy atom. The molecule has 0 amide bonds. The number of hydrogen-bond acceptors (Lipinski definition) is 6. The highest BCUT2D eigenvalue weighted by Crippen LogP contribution is 2.34. The molecule has 0 unspecified atom stereocenters. The molecule has 0 spiro atoms. The van der Waals surface area contributed by atoms with Crippen molar-refractivity contribution in [3.63, 3.8) is 0 Å². The SMILES string of the molecule is CC(C)Nc1nc(-c2cc(OC(C)(C)C)c3ccc(O)cc3n2)cs1. The van der Waals surface area contributed by atoms with Crippen molar-refractivity contribution in [2.24, 2.45) is 0 Å². The van der Waals surface area contributed by atoms with Gasteiger partial charge in [0.25, 0.3) is 0 Å². The summed E-state index contributed by atoms with van der Waals surface area (Å²) < 4.78 is 6.13. The molecule has 0 fully saturated rings. The van der Waals surface area contributed by atoms with Crippen LogP contribution in [-0.2, 0) is 0 Å². The quantitative estimate of drug-likeness (QED) is 0.683. The maximum absolute atomic E-state index is 9.81. The number of aromatic hydroxyl groups is 1. The molecule has 0 saturated heterocycles. The van der Waals surface area contributed by atoms with Crippen LogP contribution < -0.4 is 10.1 Å². The van der Waals surface area contributed by atoms with Crippen LogP contribution in [0.4, 0.5) is 5.13 Å². The van der Waals surface area contributed by atoms with Crippen molar-refractivity contribution in [1.29, 1.82) is 0 Å². The number of hydrogen-bond donors (Lipinski definition) is 2. The second kappa shape index (κ2) is 6.52. The van der Waals surface area contributed by atoms with Crippen LogP contribution in [0.5, 0.6) is 11.5 Å². The average Bonchev–Trinajstić information content (AvgIpc) is 2.92. The number of pyridine rings is 1. The number of nitrogens with zero attached hydrogens (tertiary/aromatic N) is 2. The van der Waals surface area contributed by atoms with Crippen molar-refractivity contribution in [3.8, 4) is 22.9 Å². The molecule has 3 aromatic rings. The van der Waals surface area contributed by atoms with Gasteiger partial charge in [-0.05, 0) is 46.8 Å². The monoisotopic (exact) mass is 357 g/mol. The Bertz CT molecular complexity index is 897. The van der Waals surface area contributed by atoms with Gasteiger partial charge in [-0.2, -0.15) is 0 Å². The van der Waals surface area contributed by atoms with E-state index in [1.165, 1.54) is 0 Å². The van der Waals surface area contributed by atoms with E-state index < -0.39 is 0 Å². The number of phenolic OH excluding ortho intramolecular Hbond substituents is 1. The minimum Gasteiger partial charge on any atom is -0.508 e. The van der Waals surface area contributed by atoms with Gasteiger partial charge in [-0.3, -0.25) is 0 Å². The van der Waals surface area contributed by atoms with Gasteiger partial charge < -0.3 is 15.2 Å². The standard InChI is InChI=1S/C19H23N3O2S/c1-11(2)20-18-22-16(10-25-18)15-9-17(24-19(3,4)5)13-7-6-12(23)8-14(13)21-15/h6-11,23H,1-5H3,(H,20,22). The van der Waals surface area contributed by atoms with Crippen molar-refractivity contribution in [1.82, 2.24) is 9.97 Å². The Kier molecular flexibility index (Phi) is 4.56. The number of phenols is 1. The summed E-state index contributed by atoms with van der Waals surface area (Å²) in [6.45, 7) is 10.2. The molecule has 132 valence electrons. The topological polar surface area (TPSA) is 67.3 Å². The highest BCUT2D eigenvalue weighted by atomic mass is 32.1. The smallest absolute Gasteiger partial charge is 0.183 e. The molecule has 25 heavy (non-hydrogen) atoms. The number of nitrogens with one attached hydrogen (secondary N) is 1. The molecule has 0 aliphatic heterocycles. The Hall–Kier alpha value is -2.34. The zero-order chi connectivity index (χ0) is 18.2. The van der Waals surface area contributed by atoms with E-state index in [4.69, 9.17) is 4.74 Å². The van der Waals surface area contributed by atoms with Crippen LogP contribution >= 0.6 is 11.3 Å². The van der Waals surface area contributed by atoms with Crippen LogP contribution in [0, 0.1) is 0 Å². The Morgan fingerprint density at radius 1 is 1.12 bits per heavy atom. The lowest BCUT2D eigenvalue weighted by Gasteiger charge is -2.22. The number of rotatable bonds is 4. The number of ether oxygens (including phenoxy) is 1. The van der Waals surface area contributed by atoms with Crippen LogP contribution in [0.2, 0.25) is 0 Å². The van der Waals surface area contributed by atoms with Crippen LogP contribution in [0.1, 0.15) is 34.6 Å². The summed E-state index contributed by atoms with van der Waals surface area (Å²) in [5.74, 6) is 0.915. The molecule has 0 bridgehead atoms. The van der Waals surface area contributed by atoms with E-state index in [1.54, 1.807) is 23.5 Å². The minimum absolute atomic E-state index is 0.180. The summed E-state index contributed by atoms with van der Waals surface area (Å²) in [7, 11) is 0. The molecule has 5 nitrogen and oxygen atoms in total. The first-order valence-electron chi connectivity index (χ1n) is 8.26. The summed E-state index contributed by atoms with van der Waals surface area (Å²) in [5.41, 5.74) is 1.86. The summed E-state index contributed by atoms with van der Waals surface area (Å²) in [6, 6.07) is 7.36. The fraction of sp³-hybridized carbons (Fsp3) is 0.368. The molecule has 0 radical (unpaired) electrons. The van der Waals surface area contributed by atoms with Crippen LogP contribution in [0.3, 0.4) is 0 Å². The molecule has 1 aromatic carbocycles. The first-order chi connectivity index (χ1) is 11.7. The van der Waals surface area contributed by atoms with Crippen molar-refractivity contribution in [2.45, 2.75) is 46.3 Å². The van der Waals surface area contributed by atoms with Crippen molar-refractivity contribution >= 4 is 27.4 Å². The van der Waals surface area contributed by atoms with Crippen molar-refractivity contribution in [3.05, 3.63) is 29.6 Å². The summed E-state index contributed by atoms with van der Waals surface area (Å²) in [4.78, 5) is 9.28. The largest absolute Gasteiger partial charge is 0.508 e. The predicted octanol–water partition coefficient (Wildman–Crippen LogP) is 5.06. The van der Waals surface area contributed by atoms with Gasteiger partial charge in [-0.1, -0.05) is 0 Å². The third kappa shape index (κ3) is 4.20. The molecule has 0 aliphatic rings. The summed E-state index contributed by atoms with van der Waals surface area (Å²) in [6.07, 6.45) is 0. The van der Waals surface area contributed by atoms with Gasteiger partial charge in [0.1, 0.15) is 22.8 Å². The maximum atomic E-state index is 9.81. The third-order valence-electron chi connectivity index (χ3n) is 3.35. The van der Waals surface area contributed by atoms with Gasteiger partial charge in [0, 0.05) is 28.9 Å². The normalized spacial score (nSPS) is 11.9. The highest BCUT2D eigenvalue weighted by Gasteiger charge is 2.17. The number of thiazole rings is 1. The second-order valence-electron chi connectivity index (χ2n) is 7.26. The van der Waals surface area contributed by atoms with Crippen LogP contribution in [-0.4, -0.2) is 26.7 Å². The zero-order valence-electron chi connectivity index (χ0n) is 15.1. The molecule has 0 saturated carbocycles. The lowest BCUT2D eigenvalue weighted by Crippen LogP contribution is -2.23. The second-order valence-corrected chi connectivity index (χ2v) is 8.12. The Balaban J connectivity index is 2.10. The van der Waals surface area contributed by atoms with Crippen LogP contribution in [0.25, 0.3) is 22.3 Å². The van der Waals surface area contributed by atoms with E-state index in [2.05, 4.69) is 29.1 Å². The molecule has 0 aliphatic carbocycles. The van der Waals surface area contributed by atoms with E-state index in [0.29, 0.717) is 11.6 Å². The van der Waals surface area contributed by atoms with E-state index >= 15 is 0 Å². The van der Waals surface area contributed by atoms with E-state index in [-0.39, 0.29) is 11.4 Å². The first-order valence-corrected chi connectivity index (χ1v) is 9.14. The number of aromatic nitrogens is 2. The summed E-state index contributed by atoms with van der Waals surface area (Å²) >= 11 is 1.55. The Labute approximate surface area is 151 Å². The van der Waals surface area contributed by atoms with Crippen molar-refractivity contribution < 1.29 is 9.84 Å². The predicted molar refractivity (Wildman–Crippen MR) is 104 cm³/mol. The van der Waals surface area contributed by atoms with Gasteiger partial charge in [0.2, 0.25) is 0 Å². The molecule has 6 heteroatoms. The lowest BCUT2D eigenvalue weighted by molar-refractivity contribution is 0.133. The molecule has 2 heterocycles. The maximum Gasteiger partial charge on any atom is 0.183 e. The zero-order valence-corrected chi connectivity index (χ0v) is 15.9. The third-order valence-corrected chi connectivity index (χ3v) is 4.12. The van der Waals surface area contributed by atoms with Crippen LogP contribution in [0.15, 0.2) is 29.6 Å². The summed E-state index contributed by atoms with van der Waals surface area (Å²) in [5, 5.41) is 16.8. The molecule has 0 atom stereocenters. The fourth-order valence-electron chi connectivity index (χ4n) is 2.44. The lowest BCUT2D eigenvalue weighted by atomic mass is 10.1. The van der Waals surface area contributed by atoms with Gasteiger partial charge >= 0.3 is 0 Å². The van der Waals surface area contributed by atoms with E-state index in [1.807, 2.05) is 38.3 Å².